The number of benzene rings is 2. The third-order valence-electron chi connectivity index (χ3n) is 6.08. The van der Waals surface area contributed by atoms with Gasteiger partial charge in [0.25, 0.3) is 0 Å². The van der Waals surface area contributed by atoms with Gasteiger partial charge < -0.3 is 9.94 Å². The number of hydrogen-bond donors (Lipinski definition) is 1. The summed E-state index contributed by atoms with van der Waals surface area (Å²) in [5.74, 6) is -0.0183. The first kappa shape index (κ1) is 26.9. The molecule has 0 radical (unpaired) electrons. The highest BCUT2D eigenvalue weighted by molar-refractivity contribution is 5.98. The van der Waals surface area contributed by atoms with E-state index in [-0.39, 0.29) is 19.1 Å². The molecule has 0 heterocycles. The summed E-state index contributed by atoms with van der Waals surface area (Å²) in [6.07, 6.45) is 1.11. The van der Waals surface area contributed by atoms with E-state index in [1.165, 1.54) is 6.07 Å². The first-order valence-electron chi connectivity index (χ1n) is 11.9. The van der Waals surface area contributed by atoms with Crippen LogP contribution in [-0.4, -0.2) is 10.8 Å². The Morgan fingerprint density at radius 2 is 1.73 bits per heavy atom. The van der Waals surface area contributed by atoms with Crippen molar-refractivity contribution < 1.29 is 23.1 Å². The van der Waals surface area contributed by atoms with Gasteiger partial charge in [0.1, 0.15) is 6.61 Å². The molecule has 0 spiro atoms. The van der Waals surface area contributed by atoms with Gasteiger partial charge in [0.2, 0.25) is 0 Å². The highest BCUT2D eigenvalue weighted by Gasteiger charge is 2.35. The van der Waals surface area contributed by atoms with Crippen LogP contribution in [0, 0.1) is 0 Å². The van der Waals surface area contributed by atoms with Gasteiger partial charge in [-0.1, -0.05) is 69.5 Å². The Bertz CT molecular complexity index is 916. The van der Waals surface area contributed by atoms with Crippen molar-refractivity contribution in [3.63, 3.8) is 0 Å². The number of oxime groups is 1. The fraction of sp³-hybridized carbons (Fsp3) is 0.519. The molecule has 0 amide bonds. The van der Waals surface area contributed by atoms with Gasteiger partial charge in [-0.15, -0.1) is 0 Å². The predicted octanol–water partition coefficient (Wildman–Crippen LogP) is 7.77. The topological polar surface area (TPSA) is 41.8 Å². The maximum absolute atomic E-state index is 13.7. The zero-order valence-corrected chi connectivity index (χ0v) is 20.1. The van der Waals surface area contributed by atoms with Crippen LogP contribution in [0.15, 0.2) is 41.6 Å². The molecule has 0 bridgehead atoms. The molecule has 1 aliphatic carbocycles. The summed E-state index contributed by atoms with van der Waals surface area (Å²) in [6.45, 7) is 7.76. The molecule has 3 rings (SSSR count). The van der Waals surface area contributed by atoms with Crippen LogP contribution >= 0.6 is 0 Å². The number of aliphatic hydroxyl groups excluding tert-OH is 1. The number of nitrogens with zero attached hydrogens (tertiary/aromatic N) is 1. The number of rotatable bonds is 7. The van der Waals surface area contributed by atoms with Crippen molar-refractivity contribution in [1.82, 2.24) is 0 Å². The van der Waals surface area contributed by atoms with Crippen LogP contribution in [0.1, 0.15) is 99.1 Å². The van der Waals surface area contributed by atoms with Crippen LogP contribution in [0.4, 0.5) is 13.2 Å². The minimum atomic E-state index is -4.38. The maximum atomic E-state index is 13.7. The molecule has 2 aromatic rings. The predicted molar refractivity (Wildman–Crippen MR) is 127 cm³/mol. The lowest BCUT2D eigenvalue weighted by Crippen LogP contribution is -2.15. The van der Waals surface area contributed by atoms with E-state index in [4.69, 9.17) is 4.84 Å². The van der Waals surface area contributed by atoms with Crippen molar-refractivity contribution in [2.24, 2.45) is 5.16 Å². The minimum Gasteiger partial charge on any atom is -0.392 e. The molecule has 0 aromatic heterocycles. The number of halogens is 3. The van der Waals surface area contributed by atoms with Gasteiger partial charge in [0.15, 0.2) is 0 Å². The third kappa shape index (κ3) is 7.32. The number of aliphatic hydroxyl groups is 1. The largest absolute Gasteiger partial charge is 0.416 e. The molecule has 1 saturated carbocycles. The highest BCUT2D eigenvalue weighted by Crippen LogP contribution is 2.41. The van der Waals surface area contributed by atoms with Crippen LogP contribution in [0.25, 0.3) is 0 Å². The SMILES string of the molecule is CC.CCc1cc(/C(C)=N/OCc2ccc(C3CCCCC3)c(C(F)(F)F)c2)ccc1CO. The summed E-state index contributed by atoms with van der Waals surface area (Å²) < 4.78 is 41.1. The van der Waals surface area contributed by atoms with Crippen LogP contribution in [0.5, 0.6) is 0 Å². The second kappa shape index (κ2) is 12.8. The normalized spacial score (nSPS) is 15.1. The molecule has 0 unspecified atom stereocenters. The lowest BCUT2D eigenvalue weighted by Gasteiger charge is -2.25. The Hall–Kier alpha value is -2.34. The smallest absolute Gasteiger partial charge is 0.392 e. The van der Waals surface area contributed by atoms with Crippen molar-refractivity contribution in [2.45, 2.75) is 91.5 Å². The Morgan fingerprint density at radius 3 is 2.33 bits per heavy atom. The highest BCUT2D eigenvalue weighted by atomic mass is 19.4. The Morgan fingerprint density at radius 1 is 1.03 bits per heavy atom. The molecule has 1 aliphatic rings. The molecule has 1 N–H and O–H groups in total. The van der Waals surface area contributed by atoms with Gasteiger partial charge >= 0.3 is 6.18 Å². The molecule has 1 fully saturated rings. The van der Waals surface area contributed by atoms with E-state index in [1.807, 2.05) is 39.0 Å². The molecular formula is C27H36F3NO2. The number of alkyl halides is 3. The van der Waals surface area contributed by atoms with Crippen LogP contribution in [0.3, 0.4) is 0 Å². The monoisotopic (exact) mass is 463 g/mol. The van der Waals surface area contributed by atoms with Crippen LogP contribution in [0.2, 0.25) is 0 Å². The minimum absolute atomic E-state index is 0.0183. The Labute approximate surface area is 195 Å². The molecular weight excluding hydrogens is 427 g/mol. The van der Waals surface area contributed by atoms with E-state index in [2.05, 4.69) is 5.16 Å². The summed E-state index contributed by atoms with van der Waals surface area (Å²) in [4.78, 5) is 5.39. The average molecular weight is 464 g/mol. The summed E-state index contributed by atoms with van der Waals surface area (Å²) in [7, 11) is 0. The lowest BCUT2D eigenvalue weighted by atomic mass is 9.81. The molecule has 0 atom stereocenters. The average Bonchev–Trinajstić information content (AvgIpc) is 2.84. The second-order valence-corrected chi connectivity index (χ2v) is 8.20. The van der Waals surface area contributed by atoms with Gasteiger partial charge in [0.05, 0.1) is 17.9 Å². The first-order valence-corrected chi connectivity index (χ1v) is 11.9. The van der Waals surface area contributed by atoms with Gasteiger partial charge in [-0.05, 0) is 72.1 Å². The summed E-state index contributed by atoms with van der Waals surface area (Å²) in [5, 5.41) is 13.5. The molecule has 33 heavy (non-hydrogen) atoms. The lowest BCUT2D eigenvalue weighted by molar-refractivity contribution is -0.138. The molecule has 6 heteroatoms. The Kier molecular flexibility index (Phi) is 10.4. The molecule has 2 aromatic carbocycles. The van der Waals surface area contributed by atoms with Gasteiger partial charge in [-0.3, -0.25) is 0 Å². The molecule has 182 valence electrons. The summed E-state index contributed by atoms with van der Waals surface area (Å²) >= 11 is 0. The molecule has 0 saturated heterocycles. The van der Waals surface area contributed by atoms with Gasteiger partial charge in [-0.25, -0.2) is 0 Å². The zero-order valence-electron chi connectivity index (χ0n) is 20.1. The van der Waals surface area contributed by atoms with Crippen molar-refractivity contribution in [3.05, 3.63) is 69.8 Å². The Balaban J connectivity index is 0.00000187. The van der Waals surface area contributed by atoms with Crippen molar-refractivity contribution in [1.29, 1.82) is 0 Å². The van der Waals surface area contributed by atoms with E-state index in [1.54, 1.807) is 19.1 Å². The number of hydrogen-bond acceptors (Lipinski definition) is 3. The van der Waals surface area contributed by atoms with E-state index in [9.17, 15) is 18.3 Å². The number of aryl methyl sites for hydroxylation is 1. The van der Waals surface area contributed by atoms with Crippen molar-refractivity contribution in [3.8, 4) is 0 Å². The van der Waals surface area contributed by atoms with Crippen LogP contribution in [-0.2, 0) is 30.6 Å². The van der Waals surface area contributed by atoms with Crippen molar-refractivity contribution in [2.75, 3.05) is 0 Å². The maximum Gasteiger partial charge on any atom is 0.416 e. The summed E-state index contributed by atoms with van der Waals surface area (Å²) in [5.41, 5.74) is 3.71. The second-order valence-electron chi connectivity index (χ2n) is 8.20. The standard InChI is InChI=1S/C25H30F3NO2.C2H6/c1-3-19-14-21(10-11-22(19)15-30)17(2)29-31-16-18-9-12-23(20-7-5-4-6-8-20)24(13-18)25(26,27)28;1-2/h9-14,20,30H,3-8,15-16H2,1-2H3;1-2H3/b29-17+;. The third-order valence-corrected chi connectivity index (χ3v) is 6.08. The van der Waals surface area contributed by atoms with Crippen molar-refractivity contribution >= 4 is 5.71 Å². The van der Waals surface area contributed by atoms with E-state index in [0.29, 0.717) is 16.8 Å². The van der Waals surface area contributed by atoms with Crippen LogP contribution < -0.4 is 0 Å². The van der Waals surface area contributed by atoms with E-state index >= 15 is 0 Å². The quantitative estimate of drug-likeness (QED) is 0.336. The zero-order chi connectivity index (χ0) is 24.4. The van der Waals surface area contributed by atoms with Gasteiger partial charge in [0, 0.05) is 0 Å². The fourth-order valence-electron chi connectivity index (χ4n) is 4.30. The van der Waals surface area contributed by atoms with E-state index in [0.717, 1.165) is 55.2 Å². The molecule has 3 nitrogen and oxygen atoms in total. The fourth-order valence-corrected chi connectivity index (χ4v) is 4.30. The summed E-state index contributed by atoms with van der Waals surface area (Å²) in [6, 6.07) is 10.2. The van der Waals surface area contributed by atoms with E-state index < -0.39 is 11.7 Å². The first-order chi connectivity index (χ1) is 15.8. The molecule has 0 aliphatic heterocycles. The van der Waals surface area contributed by atoms with Gasteiger partial charge in [-0.2, -0.15) is 13.2 Å².